The van der Waals surface area contributed by atoms with Crippen LogP contribution in [0.25, 0.3) is 10.9 Å². The number of aromatic nitrogens is 1. The summed E-state index contributed by atoms with van der Waals surface area (Å²) in [6.45, 7) is 3.12. The summed E-state index contributed by atoms with van der Waals surface area (Å²) in [4.78, 5) is 18.5. The molecule has 1 aromatic carbocycles. The first kappa shape index (κ1) is 14.4. The van der Waals surface area contributed by atoms with Crippen LogP contribution in [0.5, 0.6) is 0 Å². The van der Waals surface area contributed by atoms with Crippen molar-refractivity contribution in [1.82, 2.24) is 15.2 Å². The third-order valence-corrected chi connectivity index (χ3v) is 2.99. The van der Waals surface area contributed by atoms with E-state index in [9.17, 15) is 9.18 Å². The second-order valence-corrected chi connectivity index (χ2v) is 5.03. The smallest absolute Gasteiger partial charge is 0.252 e. The molecule has 0 saturated heterocycles. The summed E-state index contributed by atoms with van der Waals surface area (Å²) >= 11 is 0. The largest absolute Gasteiger partial charge is 0.351 e. The Morgan fingerprint density at radius 1 is 1.35 bits per heavy atom. The topological polar surface area (TPSA) is 45.2 Å². The molecule has 0 aliphatic carbocycles. The van der Waals surface area contributed by atoms with Gasteiger partial charge in [0.25, 0.3) is 5.91 Å². The molecule has 106 valence electrons. The number of carbonyl (C=O) groups excluding carboxylic acids is 1. The first-order valence-corrected chi connectivity index (χ1v) is 6.47. The number of aryl methyl sites for hydroxylation is 1. The lowest BCUT2D eigenvalue weighted by molar-refractivity contribution is 0.0952. The van der Waals surface area contributed by atoms with E-state index >= 15 is 0 Å². The fraction of sp³-hybridized carbons (Fsp3) is 0.333. The average molecular weight is 275 g/mol. The molecule has 20 heavy (non-hydrogen) atoms. The monoisotopic (exact) mass is 275 g/mol. The summed E-state index contributed by atoms with van der Waals surface area (Å²) in [6.07, 6.45) is 0. The third-order valence-electron chi connectivity index (χ3n) is 2.99. The summed E-state index contributed by atoms with van der Waals surface area (Å²) in [6, 6.07) is 5.98. The molecule has 4 nitrogen and oxygen atoms in total. The molecule has 0 saturated carbocycles. The number of halogens is 1. The Bertz CT molecular complexity index is 640. The van der Waals surface area contributed by atoms with Gasteiger partial charge in [-0.25, -0.2) is 4.39 Å². The number of pyridine rings is 1. The Hall–Kier alpha value is -2.01. The van der Waals surface area contributed by atoms with Crippen LogP contribution in [0.4, 0.5) is 4.39 Å². The minimum absolute atomic E-state index is 0.201. The summed E-state index contributed by atoms with van der Waals surface area (Å²) in [5.74, 6) is -0.571. The highest BCUT2D eigenvalue weighted by Crippen LogP contribution is 2.19. The van der Waals surface area contributed by atoms with Crippen LogP contribution in [0.1, 0.15) is 16.1 Å². The molecule has 0 unspecified atom stereocenters. The minimum atomic E-state index is -0.370. The fourth-order valence-corrected chi connectivity index (χ4v) is 2.01. The number of likely N-dealkylation sites (N-methyl/N-ethyl adjacent to an activating group) is 1. The molecule has 1 amide bonds. The Morgan fingerprint density at radius 2 is 2.10 bits per heavy atom. The van der Waals surface area contributed by atoms with Crippen molar-refractivity contribution in [3.63, 3.8) is 0 Å². The molecule has 0 bridgehead atoms. The molecular weight excluding hydrogens is 257 g/mol. The molecule has 0 radical (unpaired) electrons. The standard InChI is InChI=1S/C15H18FN3O/c1-10-8-13(15(20)17-6-7-19(2)3)12-9-11(16)4-5-14(12)18-10/h4-5,8-9H,6-7H2,1-3H3,(H,17,20). The maximum Gasteiger partial charge on any atom is 0.252 e. The Kier molecular flexibility index (Phi) is 4.29. The third kappa shape index (κ3) is 3.30. The molecule has 1 heterocycles. The van der Waals surface area contributed by atoms with Gasteiger partial charge in [0.2, 0.25) is 0 Å². The lowest BCUT2D eigenvalue weighted by Crippen LogP contribution is -2.31. The van der Waals surface area contributed by atoms with Crippen molar-refractivity contribution in [2.24, 2.45) is 0 Å². The number of carbonyl (C=O) groups is 1. The summed E-state index contributed by atoms with van der Waals surface area (Å²) in [5.41, 5.74) is 1.83. The first-order chi connectivity index (χ1) is 9.47. The number of benzene rings is 1. The van der Waals surface area contributed by atoms with Gasteiger partial charge < -0.3 is 10.2 Å². The molecule has 0 spiro atoms. The zero-order chi connectivity index (χ0) is 14.7. The van der Waals surface area contributed by atoms with E-state index < -0.39 is 0 Å². The molecule has 1 aromatic heterocycles. The highest BCUT2D eigenvalue weighted by atomic mass is 19.1. The van der Waals surface area contributed by atoms with Crippen LogP contribution in [-0.4, -0.2) is 43.0 Å². The lowest BCUT2D eigenvalue weighted by Gasteiger charge is -2.12. The quantitative estimate of drug-likeness (QED) is 0.928. The SMILES string of the molecule is Cc1cc(C(=O)NCCN(C)C)c2cc(F)ccc2n1. The van der Waals surface area contributed by atoms with Crippen molar-refractivity contribution in [2.75, 3.05) is 27.2 Å². The van der Waals surface area contributed by atoms with Gasteiger partial charge in [0, 0.05) is 24.2 Å². The summed E-state index contributed by atoms with van der Waals surface area (Å²) in [5, 5.41) is 3.38. The lowest BCUT2D eigenvalue weighted by atomic mass is 10.1. The predicted octanol–water partition coefficient (Wildman–Crippen LogP) is 1.97. The molecule has 0 fully saturated rings. The highest BCUT2D eigenvalue weighted by Gasteiger charge is 2.12. The van der Waals surface area contributed by atoms with Gasteiger partial charge in [-0.2, -0.15) is 0 Å². The molecule has 0 aliphatic heterocycles. The van der Waals surface area contributed by atoms with Crippen molar-refractivity contribution in [1.29, 1.82) is 0 Å². The average Bonchev–Trinajstić information content (AvgIpc) is 2.37. The van der Waals surface area contributed by atoms with Crippen LogP contribution in [0, 0.1) is 12.7 Å². The fourth-order valence-electron chi connectivity index (χ4n) is 2.01. The number of nitrogens with one attached hydrogen (secondary N) is 1. The van der Waals surface area contributed by atoms with Gasteiger partial charge in [0.05, 0.1) is 11.1 Å². The van der Waals surface area contributed by atoms with E-state index in [4.69, 9.17) is 0 Å². The normalized spacial score (nSPS) is 11.1. The van der Waals surface area contributed by atoms with Gasteiger partial charge in [-0.15, -0.1) is 0 Å². The molecule has 5 heteroatoms. The number of hydrogen-bond donors (Lipinski definition) is 1. The second-order valence-electron chi connectivity index (χ2n) is 5.03. The van der Waals surface area contributed by atoms with E-state index in [-0.39, 0.29) is 11.7 Å². The zero-order valence-electron chi connectivity index (χ0n) is 11.9. The van der Waals surface area contributed by atoms with Crippen LogP contribution in [0.2, 0.25) is 0 Å². The van der Waals surface area contributed by atoms with Crippen molar-refractivity contribution >= 4 is 16.8 Å². The van der Waals surface area contributed by atoms with Crippen molar-refractivity contribution in [2.45, 2.75) is 6.92 Å². The molecule has 0 atom stereocenters. The summed E-state index contributed by atoms with van der Waals surface area (Å²) in [7, 11) is 3.88. The first-order valence-electron chi connectivity index (χ1n) is 6.47. The van der Waals surface area contributed by atoms with Crippen molar-refractivity contribution in [3.05, 3.63) is 41.3 Å². The molecular formula is C15H18FN3O. The predicted molar refractivity (Wildman–Crippen MR) is 77.3 cm³/mol. The Balaban J connectivity index is 2.32. The number of amides is 1. The molecule has 0 aliphatic rings. The van der Waals surface area contributed by atoms with E-state index in [0.29, 0.717) is 23.0 Å². The van der Waals surface area contributed by atoms with E-state index in [0.717, 1.165) is 12.2 Å². The van der Waals surface area contributed by atoms with Crippen LogP contribution in [0.15, 0.2) is 24.3 Å². The van der Waals surface area contributed by atoms with Crippen molar-refractivity contribution < 1.29 is 9.18 Å². The van der Waals surface area contributed by atoms with Gasteiger partial charge in [-0.1, -0.05) is 0 Å². The number of fused-ring (bicyclic) bond motifs is 1. The van der Waals surface area contributed by atoms with Gasteiger partial charge in [-0.05, 0) is 45.3 Å². The molecule has 2 aromatic rings. The number of rotatable bonds is 4. The van der Waals surface area contributed by atoms with Gasteiger partial charge in [0.1, 0.15) is 5.82 Å². The molecule has 2 rings (SSSR count). The van der Waals surface area contributed by atoms with E-state index in [1.807, 2.05) is 25.9 Å². The van der Waals surface area contributed by atoms with Crippen LogP contribution in [0.3, 0.4) is 0 Å². The van der Waals surface area contributed by atoms with Crippen molar-refractivity contribution in [3.8, 4) is 0 Å². The van der Waals surface area contributed by atoms with E-state index in [1.54, 1.807) is 12.1 Å². The highest BCUT2D eigenvalue weighted by molar-refractivity contribution is 6.06. The zero-order valence-corrected chi connectivity index (χ0v) is 11.9. The summed E-state index contributed by atoms with van der Waals surface area (Å²) < 4.78 is 13.4. The molecule has 1 N–H and O–H groups in total. The van der Waals surface area contributed by atoms with Crippen LogP contribution < -0.4 is 5.32 Å². The van der Waals surface area contributed by atoms with Gasteiger partial charge in [-0.3, -0.25) is 9.78 Å². The van der Waals surface area contributed by atoms with Crippen LogP contribution in [-0.2, 0) is 0 Å². The maximum atomic E-state index is 13.4. The second kappa shape index (κ2) is 5.96. The Morgan fingerprint density at radius 3 is 2.80 bits per heavy atom. The maximum absolute atomic E-state index is 13.4. The van der Waals surface area contributed by atoms with E-state index in [1.165, 1.54) is 12.1 Å². The van der Waals surface area contributed by atoms with Gasteiger partial charge >= 0.3 is 0 Å². The minimum Gasteiger partial charge on any atom is -0.351 e. The van der Waals surface area contributed by atoms with Gasteiger partial charge in [0.15, 0.2) is 0 Å². The Labute approximate surface area is 117 Å². The number of hydrogen-bond acceptors (Lipinski definition) is 3. The van der Waals surface area contributed by atoms with E-state index in [2.05, 4.69) is 10.3 Å². The van der Waals surface area contributed by atoms with Crippen LogP contribution >= 0.6 is 0 Å². The number of nitrogens with zero attached hydrogens (tertiary/aromatic N) is 2.